The van der Waals surface area contributed by atoms with Gasteiger partial charge in [-0.05, 0) is 43.6 Å². The summed E-state index contributed by atoms with van der Waals surface area (Å²) in [6.07, 6.45) is 8.97. The molecule has 0 atom stereocenters. The highest BCUT2D eigenvalue weighted by Gasteiger charge is 2.23. The molecule has 8 heteroatoms. The van der Waals surface area contributed by atoms with Crippen LogP contribution in [0, 0.1) is 0 Å². The Morgan fingerprint density at radius 3 is 2.41 bits per heavy atom. The van der Waals surface area contributed by atoms with Gasteiger partial charge in [0, 0.05) is 59.0 Å². The van der Waals surface area contributed by atoms with Gasteiger partial charge in [0.25, 0.3) is 5.91 Å². The molecule has 1 aromatic heterocycles. The number of anilines is 1. The van der Waals surface area contributed by atoms with E-state index in [0.717, 1.165) is 38.2 Å². The SMILES string of the molecule is CN(C)C(=O)c1cnc(N2CCC(Oc3ccc(CN4CCCCC4)cc3Cl)CC2)nc1. The number of nitrogens with zero attached hydrogens (tertiary/aromatic N) is 5. The smallest absolute Gasteiger partial charge is 0.256 e. The first-order chi connectivity index (χ1) is 15.5. The molecule has 32 heavy (non-hydrogen) atoms. The predicted octanol–water partition coefficient (Wildman–Crippen LogP) is 3.87. The van der Waals surface area contributed by atoms with Crippen molar-refractivity contribution in [1.82, 2.24) is 19.8 Å². The zero-order valence-corrected chi connectivity index (χ0v) is 19.7. The molecule has 3 heterocycles. The average Bonchev–Trinajstić information content (AvgIpc) is 2.81. The molecular formula is C24H32ClN5O2. The Labute approximate surface area is 195 Å². The van der Waals surface area contributed by atoms with Gasteiger partial charge < -0.3 is 14.5 Å². The third-order valence-electron chi connectivity index (χ3n) is 6.16. The van der Waals surface area contributed by atoms with Crippen LogP contribution in [0.3, 0.4) is 0 Å². The van der Waals surface area contributed by atoms with Crippen LogP contribution in [0.1, 0.15) is 48.0 Å². The van der Waals surface area contributed by atoms with E-state index in [4.69, 9.17) is 16.3 Å². The molecule has 0 aliphatic carbocycles. The highest BCUT2D eigenvalue weighted by atomic mass is 35.5. The van der Waals surface area contributed by atoms with Crippen LogP contribution in [0.5, 0.6) is 5.75 Å². The van der Waals surface area contributed by atoms with E-state index in [1.165, 1.54) is 42.8 Å². The summed E-state index contributed by atoms with van der Waals surface area (Å²) >= 11 is 6.55. The number of piperidine rings is 2. The van der Waals surface area contributed by atoms with Gasteiger partial charge in [0.1, 0.15) is 11.9 Å². The Kier molecular flexibility index (Phi) is 7.48. The first-order valence-electron chi connectivity index (χ1n) is 11.5. The number of halogens is 1. The molecule has 2 aromatic rings. The third-order valence-corrected chi connectivity index (χ3v) is 6.46. The number of ether oxygens (including phenoxy) is 1. The summed E-state index contributed by atoms with van der Waals surface area (Å²) in [6, 6.07) is 6.19. The number of likely N-dealkylation sites (tertiary alicyclic amines) is 1. The maximum absolute atomic E-state index is 12.0. The van der Waals surface area contributed by atoms with Crippen molar-refractivity contribution in [3.8, 4) is 5.75 Å². The quantitative estimate of drug-likeness (QED) is 0.656. The molecule has 0 N–H and O–H groups in total. The van der Waals surface area contributed by atoms with E-state index in [-0.39, 0.29) is 12.0 Å². The Balaban J connectivity index is 1.28. The Morgan fingerprint density at radius 1 is 1.09 bits per heavy atom. The maximum Gasteiger partial charge on any atom is 0.256 e. The number of hydrogen-bond acceptors (Lipinski definition) is 6. The minimum absolute atomic E-state index is 0.0949. The van der Waals surface area contributed by atoms with Crippen molar-refractivity contribution in [3.63, 3.8) is 0 Å². The molecule has 0 radical (unpaired) electrons. The van der Waals surface area contributed by atoms with Crippen molar-refractivity contribution in [2.24, 2.45) is 0 Å². The largest absolute Gasteiger partial charge is 0.489 e. The Morgan fingerprint density at radius 2 is 1.78 bits per heavy atom. The van der Waals surface area contributed by atoms with E-state index in [1.54, 1.807) is 26.5 Å². The zero-order valence-electron chi connectivity index (χ0n) is 19.0. The monoisotopic (exact) mass is 457 g/mol. The van der Waals surface area contributed by atoms with Gasteiger partial charge in [0.2, 0.25) is 5.95 Å². The number of benzene rings is 1. The van der Waals surface area contributed by atoms with Crippen LogP contribution >= 0.6 is 11.6 Å². The van der Waals surface area contributed by atoms with Crippen LogP contribution in [-0.2, 0) is 6.54 Å². The predicted molar refractivity (Wildman–Crippen MR) is 126 cm³/mol. The minimum Gasteiger partial charge on any atom is -0.489 e. The molecule has 0 unspecified atom stereocenters. The van der Waals surface area contributed by atoms with Gasteiger partial charge in [-0.15, -0.1) is 0 Å². The van der Waals surface area contributed by atoms with Crippen molar-refractivity contribution < 1.29 is 9.53 Å². The summed E-state index contributed by atoms with van der Waals surface area (Å²) in [5.74, 6) is 1.32. The number of rotatable bonds is 6. The first-order valence-corrected chi connectivity index (χ1v) is 11.8. The summed E-state index contributed by atoms with van der Waals surface area (Å²) in [5.41, 5.74) is 1.74. The second-order valence-corrected chi connectivity index (χ2v) is 9.28. The topological polar surface area (TPSA) is 61.8 Å². The number of aromatic nitrogens is 2. The lowest BCUT2D eigenvalue weighted by molar-refractivity contribution is 0.0827. The van der Waals surface area contributed by atoms with Crippen LogP contribution in [0.25, 0.3) is 0 Å². The standard InChI is InChI=1S/C24H32ClN5O2/c1-28(2)23(31)19-15-26-24(27-16-19)30-12-8-20(9-13-30)32-22-7-6-18(14-21(22)25)17-29-10-4-3-5-11-29/h6-7,14-16,20H,3-5,8-13,17H2,1-2H3. The van der Waals surface area contributed by atoms with Crippen molar-refractivity contribution in [1.29, 1.82) is 0 Å². The number of amides is 1. The summed E-state index contributed by atoms with van der Waals surface area (Å²) in [6.45, 7) is 4.91. The molecule has 2 saturated heterocycles. The fourth-order valence-electron chi connectivity index (χ4n) is 4.32. The summed E-state index contributed by atoms with van der Waals surface area (Å²) < 4.78 is 6.23. The molecule has 2 aliphatic rings. The zero-order chi connectivity index (χ0) is 22.5. The van der Waals surface area contributed by atoms with E-state index in [2.05, 4.69) is 25.8 Å². The van der Waals surface area contributed by atoms with E-state index < -0.39 is 0 Å². The summed E-state index contributed by atoms with van der Waals surface area (Å²) in [4.78, 5) is 26.9. The number of carbonyl (C=O) groups is 1. The fourth-order valence-corrected chi connectivity index (χ4v) is 4.57. The lowest BCUT2D eigenvalue weighted by Crippen LogP contribution is -2.39. The van der Waals surface area contributed by atoms with E-state index in [0.29, 0.717) is 16.5 Å². The Hall–Kier alpha value is -2.38. The molecule has 0 bridgehead atoms. The van der Waals surface area contributed by atoms with E-state index >= 15 is 0 Å². The van der Waals surface area contributed by atoms with Gasteiger partial charge >= 0.3 is 0 Å². The molecule has 4 rings (SSSR count). The van der Waals surface area contributed by atoms with Crippen LogP contribution in [0.2, 0.25) is 5.02 Å². The van der Waals surface area contributed by atoms with Gasteiger partial charge in [-0.25, -0.2) is 9.97 Å². The molecule has 0 spiro atoms. The van der Waals surface area contributed by atoms with Gasteiger partial charge in [0.15, 0.2) is 0 Å². The molecule has 1 amide bonds. The molecular weight excluding hydrogens is 426 g/mol. The van der Waals surface area contributed by atoms with Gasteiger partial charge in [0.05, 0.1) is 10.6 Å². The van der Waals surface area contributed by atoms with Crippen molar-refractivity contribution in [3.05, 3.63) is 46.7 Å². The highest BCUT2D eigenvalue weighted by Crippen LogP contribution is 2.29. The number of hydrogen-bond donors (Lipinski definition) is 0. The Bertz CT molecular complexity index is 907. The van der Waals surface area contributed by atoms with Crippen LogP contribution in [0.15, 0.2) is 30.6 Å². The molecule has 2 fully saturated rings. The second kappa shape index (κ2) is 10.5. The van der Waals surface area contributed by atoms with E-state index in [1.807, 2.05) is 12.1 Å². The third kappa shape index (κ3) is 5.70. The first kappa shape index (κ1) is 22.8. The fraction of sp³-hybridized carbons (Fsp3) is 0.542. The minimum atomic E-state index is -0.0949. The van der Waals surface area contributed by atoms with Crippen molar-refractivity contribution >= 4 is 23.5 Å². The molecule has 7 nitrogen and oxygen atoms in total. The molecule has 1 aromatic carbocycles. The number of carbonyl (C=O) groups excluding carboxylic acids is 1. The van der Waals surface area contributed by atoms with Gasteiger partial charge in [-0.2, -0.15) is 0 Å². The molecule has 2 aliphatic heterocycles. The normalized spacial score (nSPS) is 17.9. The van der Waals surface area contributed by atoms with Crippen LogP contribution in [-0.4, -0.2) is 72.1 Å². The van der Waals surface area contributed by atoms with Crippen LogP contribution in [0.4, 0.5) is 5.95 Å². The lowest BCUT2D eigenvalue weighted by Gasteiger charge is -2.32. The molecule has 172 valence electrons. The summed E-state index contributed by atoms with van der Waals surface area (Å²) in [5, 5.41) is 0.687. The summed E-state index contributed by atoms with van der Waals surface area (Å²) in [7, 11) is 3.44. The second-order valence-electron chi connectivity index (χ2n) is 8.88. The molecule has 0 saturated carbocycles. The van der Waals surface area contributed by atoms with Gasteiger partial charge in [-0.3, -0.25) is 9.69 Å². The average molecular weight is 458 g/mol. The lowest BCUT2D eigenvalue weighted by atomic mass is 10.1. The van der Waals surface area contributed by atoms with Crippen LogP contribution < -0.4 is 9.64 Å². The highest BCUT2D eigenvalue weighted by molar-refractivity contribution is 6.32. The van der Waals surface area contributed by atoms with Crippen molar-refractivity contribution in [2.45, 2.75) is 44.8 Å². The van der Waals surface area contributed by atoms with Crippen molar-refractivity contribution in [2.75, 3.05) is 45.2 Å². The van der Waals surface area contributed by atoms with Gasteiger partial charge in [-0.1, -0.05) is 24.1 Å². The van der Waals surface area contributed by atoms with E-state index in [9.17, 15) is 4.79 Å². The maximum atomic E-state index is 12.0.